The van der Waals surface area contributed by atoms with Gasteiger partial charge in [0.2, 0.25) is 5.91 Å². The second-order valence-electron chi connectivity index (χ2n) is 7.06. The minimum atomic E-state index is -0.0305. The van der Waals surface area contributed by atoms with E-state index in [1.165, 1.54) is 11.3 Å². The molecular formula is C22H24N4O2S. The van der Waals surface area contributed by atoms with Crippen LogP contribution in [0, 0.1) is 0 Å². The number of para-hydroxylation sites is 1. The molecule has 0 bridgehead atoms. The molecule has 3 aromatic rings. The largest absolute Gasteiger partial charge is 0.496 e. The van der Waals surface area contributed by atoms with Crippen molar-refractivity contribution >= 4 is 22.4 Å². The van der Waals surface area contributed by atoms with Gasteiger partial charge in [-0.1, -0.05) is 24.3 Å². The summed E-state index contributed by atoms with van der Waals surface area (Å²) in [4.78, 5) is 23.6. The van der Waals surface area contributed by atoms with E-state index >= 15 is 0 Å². The van der Waals surface area contributed by atoms with Crippen molar-refractivity contribution in [2.24, 2.45) is 0 Å². The lowest BCUT2D eigenvalue weighted by atomic mass is 10.1. The van der Waals surface area contributed by atoms with Crippen molar-refractivity contribution in [3.05, 3.63) is 71.0 Å². The molecule has 6 nitrogen and oxygen atoms in total. The number of pyridine rings is 1. The lowest BCUT2D eigenvalue weighted by Gasteiger charge is -2.23. The summed E-state index contributed by atoms with van der Waals surface area (Å²) >= 11 is 1.43. The number of likely N-dealkylation sites (tertiary alicyclic amines) is 1. The van der Waals surface area contributed by atoms with Crippen LogP contribution in [0.1, 0.15) is 35.8 Å². The van der Waals surface area contributed by atoms with Crippen molar-refractivity contribution < 1.29 is 9.53 Å². The van der Waals surface area contributed by atoms with Gasteiger partial charge in [-0.3, -0.25) is 14.7 Å². The molecule has 3 heterocycles. The predicted molar refractivity (Wildman–Crippen MR) is 114 cm³/mol. The topological polar surface area (TPSA) is 67.3 Å². The van der Waals surface area contributed by atoms with E-state index in [1.54, 1.807) is 13.3 Å². The maximum Gasteiger partial charge on any atom is 0.240 e. The number of hydrogen-bond donors (Lipinski definition) is 1. The minimum Gasteiger partial charge on any atom is -0.496 e. The summed E-state index contributed by atoms with van der Waals surface area (Å²) in [5, 5.41) is 5.36. The van der Waals surface area contributed by atoms with Crippen LogP contribution in [0.5, 0.6) is 5.75 Å². The highest BCUT2D eigenvalue weighted by atomic mass is 32.1. The number of amides is 1. The number of thiazole rings is 1. The van der Waals surface area contributed by atoms with Gasteiger partial charge >= 0.3 is 0 Å². The summed E-state index contributed by atoms with van der Waals surface area (Å²) < 4.78 is 5.47. The van der Waals surface area contributed by atoms with Crippen LogP contribution in [-0.2, 0) is 11.2 Å². The summed E-state index contributed by atoms with van der Waals surface area (Å²) in [6.07, 6.45) is 4.48. The number of nitrogens with one attached hydrogen (secondary N) is 1. The minimum absolute atomic E-state index is 0.0305. The van der Waals surface area contributed by atoms with Crippen molar-refractivity contribution in [3.8, 4) is 5.75 Å². The maximum atomic E-state index is 12.4. The fourth-order valence-corrected chi connectivity index (χ4v) is 4.35. The van der Waals surface area contributed by atoms with E-state index in [-0.39, 0.29) is 11.9 Å². The van der Waals surface area contributed by atoms with Crippen molar-refractivity contribution in [3.63, 3.8) is 0 Å². The molecule has 2 aromatic heterocycles. The quantitative estimate of drug-likeness (QED) is 0.642. The smallest absolute Gasteiger partial charge is 0.240 e. The molecule has 1 fully saturated rings. The fraction of sp³-hybridized carbons (Fsp3) is 0.318. The monoisotopic (exact) mass is 408 g/mol. The zero-order valence-corrected chi connectivity index (χ0v) is 17.2. The number of ether oxygens (including phenoxy) is 1. The Kier molecular flexibility index (Phi) is 6.17. The van der Waals surface area contributed by atoms with E-state index in [1.807, 2.05) is 29.6 Å². The Hall–Kier alpha value is -2.77. The molecule has 1 N–H and O–H groups in total. The number of hydrogen-bond acceptors (Lipinski definition) is 6. The van der Waals surface area contributed by atoms with Crippen molar-refractivity contribution in [2.75, 3.05) is 25.5 Å². The number of carbonyl (C=O) groups is 1. The third-order valence-electron chi connectivity index (χ3n) is 5.12. The average molecular weight is 409 g/mol. The molecule has 7 heteroatoms. The van der Waals surface area contributed by atoms with Gasteiger partial charge in [0.15, 0.2) is 5.13 Å². The van der Waals surface area contributed by atoms with Crippen molar-refractivity contribution in [1.29, 1.82) is 0 Å². The summed E-state index contributed by atoms with van der Waals surface area (Å²) in [6, 6.07) is 14.4. The van der Waals surface area contributed by atoms with Gasteiger partial charge in [-0.05, 0) is 37.6 Å². The van der Waals surface area contributed by atoms with E-state index < -0.39 is 0 Å². The highest BCUT2D eigenvalue weighted by Crippen LogP contribution is 2.31. The number of anilines is 1. The van der Waals surface area contributed by atoms with Crippen LogP contribution in [0.2, 0.25) is 0 Å². The molecule has 1 aliphatic rings. The molecule has 1 amide bonds. The van der Waals surface area contributed by atoms with Crippen LogP contribution in [0.15, 0.2) is 54.0 Å². The Morgan fingerprint density at radius 3 is 3.00 bits per heavy atom. The maximum absolute atomic E-state index is 12.4. The second-order valence-corrected chi connectivity index (χ2v) is 7.95. The van der Waals surface area contributed by atoms with Crippen molar-refractivity contribution in [1.82, 2.24) is 14.9 Å². The number of nitrogens with zero attached hydrogens (tertiary/aromatic N) is 3. The molecule has 1 saturated heterocycles. The molecule has 1 atom stereocenters. The van der Waals surface area contributed by atoms with Gasteiger partial charge in [0.1, 0.15) is 5.75 Å². The van der Waals surface area contributed by atoms with Crippen molar-refractivity contribution in [2.45, 2.75) is 25.3 Å². The summed E-state index contributed by atoms with van der Waals surface area (Å²) in [6.45, 7) is 1.25. The van der Waals surface area contributed by atoms with Gasteiger partial charge < -0.3 is 10.1 Å². The molecule has 1 aliphatic heterocycles. The Labute approximate surface area is 174 Å². The Morgan fingerprint density at radius 1 is 1.28 bits per heavy atom. The summed E-state index contributed by atoms with van der Waals surface area (Å²) in [5.74, 6) is 0.845. The first-order valence-corrected chi connectivity index (χ1v) is 10.6. The first kappa shape index (κ1) is 19.5. The number of benzene rings is 1. The van der Waals surface area contributed by atoms with Crippen LogP contribution in [0.25, 0.3) is 0 Å². The molecule has 0 saturated carbocycles. The predicted octanol–water partition coefficient (Wildman–Crippen LogP) is 3.91. The fourth-order valence-electron chi connectivity index (χ4n) is 3.81. The summed E-state index contributed by atoms with van der Waals surface area (Å²) in [5.41, 5.74) is 3.15. The van der Waals surface area contributed by atoms with Crippen LogP contribution in [0.4, 0.5) is 5.13 Å². The highest BCUT2D eigenvalue weighted by molar-refractivity contribution is 7.13. The zero-order chi connectivity index (χ0) is 20.1. The highest BCUT2D eigenvalue weighted by Gasteiger charge is 2.28. The SMILES string of the molecule is COc1ccccc1Cc1cccc(C2CCCN2CC(=O)Nc2nccs2)n1. The third-order valence-corrected chi connectivity index (χ3v) is 5.81. The second kappa shape index (κ2) is 9.15. The molecule has 1 unspecified atom stereocenters. The normalized spacial score (nSPS) is 16.7. The lowest BCUT2D eigenvalue weighted by molar-refractivity contribution is -0.117. The lowest BCUT2D eigenvalue weighted by Crippen LogP contribution is -2.33. The first-order chi connectivity index (χ1) is 14.2. The van der Waals surface area contributed by atoms with E-state index in [0.717, 1.165) is 48.5 Å². The van der Waals surface area contributed by atoms with E-state index in [0.29, 0.717) is 11.7 Å². The van der Waals surface area contributed by atoms with Gasteiger partial charge in [-0.15, -0.1) is 11.3 Å². The van der Waals surface area contributed by atoms with Crippen LogP contribution < -0.4 is 10.1 Å². The van der Waals surface area contributed by atoms with Crippen LogP contribution in [-0.4, -0.2) is 41.0 Å². The molecule has 1 aromatic carbocycles. The van der Waals surface area contributed by atoms with E-state index in [9.17, 15) is 4.79 Å². The summed E-state index contributed by atoms with van der Waals surface area (Å²) in [7, 11) is 1.69. The van der Waals surface area contributed by atoms with E-state index in [4.69, 9.17) is 9.72 Å². The third kappa shape index (κ3) is 4.81. The molecule has 0 spiro atoms. The Balaban J connectivity index is 1.46. The van der Waals surface area contributed by atoms with Crippen LogP contribution >= 0.6 is 11.3 Å². The number of carbonyl (C=O) groups excluding carboxylic acids is 1. The number of methoxy groups -OCH3 is 1. The molecule has 29 heavy (non-hydrogen) atoms. The molecular weight excluding hydrogens is 384 g/mol. The zero-order valence-electron chi connectivity index (χ0n) is 16.4. The van der Waals surface area contributed by atoms with Gasteiger partial charge in [0.05, 0.1) is 25.4 Å². The Morgan fingerprint density at radius 2 is 2.17 bits per heavy atom. The van der Waals surface area contributed by atoms with Gasteiger partial charge in [0.25, 0.3) is 0 Å². The molecule has 0 radical (unpaired) electrons. The average Bonchev–Trinajstić information content (AvgIpc) is 3.41. The molecule has 150 valence electrons. The number of rotatable bonds is 7. The van der Waals surface area contributed by atoms with Gasteiger partial charge in [-0.2, -0.15) is 0 Å². The Bertz CT molecular complexity index is 961. The first-order valence-electron chi connectivity index (χ1n) is 9.74. The van der Waals surface area contributed by atoms with Gasteiger partial charge in [0, 0.05) is 29.3 Å². The van der Waals surface area contributed by atoms with Gasteiger partial charge in [-0.25, -0.2) is 4.98 Å². The van der Waals surface area contributed by atoms with E-state index in [2.05, 4.69) is 33.4 Å². The van der Waals surface area contributed by atoms with Crippen LogP contribution in [0.3, 0.4) is 0 Å². The number of aromatic nitrogens is 2. The molecule has 4 rings (SSSR count). The molecule has 0 aliphatic carbocycles. The standard InChI is InChI=1S/C22H24N4O2S/c1-28-20-10-3-2-6-16(20)14-17-7-4-8-18(24-17)19-9-5-12-26(19)15-21(27)25-22-23-11-13-29-22/h2-4,6-8,10-11,13,19H,5,9,12,14-15H2,1H3,(H,23,25,27).